The second-order valence-electron chi connectivity index (χ2n) is 7.75. The van der Waals surface area contributed by atoms with Gasteiger partial charge in [0.05, 0.1) is 0 Å². The molecule has 3 heterocycles. The van der Waals surface area contributed by atoms with Crippen LogP contribution in [-0.2, 0) is 6.42 Å². The third kappa shape index (κ3) is 3.00. The average Bonchev–Trinajstić information content (AvgIpc) is 2.97. The quantitative estimate of drug-likeness (QED) is 0.710. The van der Waals surface area contributed by atoms with Gasteiger partial charge in [0.2, 0.25) is 0 Å². The molecule has 4 heteroatoms. The van der Waals surface area contributed by atoms with Crippen LogP contribution in [0.5, 0.6) is 0 Å². The molecule has 0 saturated heterocycles. The van der Waals surface area contributed by atoms with Crippen LogP contribution in [0.25, 0.3) is 27.9 Å². The third-order valence-corrected chi connectivity index (χ3v) is 5.21. The number of hydrogen-bond donors (Lipinski definition) is 2. The van der Waals surface area contributed by atoms with Crippen LogP contribution >= 0.6 is 0 Å². The molecular formula is C22H26N4. The lowest BCUT2D eigenvalue weighted by Gasteiger charge is -2.14. The second-order valence-corrected chi connectivity index (χ2v) is 7.75. The zero-order chi connectivity index (χ0) is 18.3. The van der Waals surface area contributed by atoms with Gasteiger partial charge in [-0.2, -0.15) is 0 Å². The first kappa shape index (κ1) is 16.8. The molecule has 4 nitrogen and oxygen atoms in total. The fourth-order valence-electron chi connectivity index (χ4n) is 3.75. The van der Waals surface area contributed by atoms with Gasteiger partial charge in [-0.1, -0.05) is 45.5 Å². The number of nitrogens with zero attached hydrogens (tertiary/aromatic N) is 2. The van der Waals surface area contributed by atoms with Crippen LogP contribution in [-0.4, -0.2) is 21.5 Å². The number of fused-ring (bicyclic) bond motifs is 2. The SMILES string of the molecule is C=C1NCCC(C)c2cc(-c3c[nH]c4nc(CC(C)C)ncc34)ccc21. The molecule has 0 fully saturated rings. The van der Waals surface area contributed by atoms with E-state index in [1.807, 2.05) is 6.20 Å². The van der Waals surface area contributed by atoms with Crippen molar-refractivity contribution in [1.29, 1.82) is 0 Å². The Morgan fingerprint density at radius 1 is 1.27 bits per heavy atom. The van der Waals surface area contributed by atoms with Gasteiger partial charge in [-0.25, -0.2) is 9.97 Å². The first-order valence-electron chi connectivity index (χ1n) is 9.43. The molecule has 1 unspecified atom stereocenters. The van der Waals surface area contributed by atoms with Gasteiger partial charge < -0.3 is 10.3 Å². The molecule has 0 aliphatic carbocycles. The normalized spacial score (nSPS) is 17.2. The first-order chi connectivity index (χ1) is 12.5. The minimum absolute atomic E-state index is 0.510. The van der Waals surface area contributed by atoms with E-state index < -0.39 is 0 Å². The molecule has 134 valence electrons. The summed E-state index contributed by atoms with van der Waals surface area (Å²) in [7, 11) is 0. The topological polar surface area (TPSA) is 53.6 Å². The zero-order valence-corrected chi connectivity index (χ0v) is 15.8. The number of nitrogens with one attached hydrogen (secondary N) is 2. The van der Waals surface area contributed by atoms with Crippen LogP contribution in [0, 0.1) is 5.92 Å². The highest BCUT2D eigenvalue weighted by molar-refractivity contribution is 5.93. The van der Waals surface area contributed by atoms with Crippen molar-refractivity contribution in [3.8, 4) is 11.1 Å². The van der Waals surface area contributed by atoms with Crippen molar-refractivity contribution in [2.24, 2.45) is 5.92 Å². The Balaban J connectivity index is 1.77. The van der Waals surface area contributed by atoms with Gasteiger partial charge in [0.15, 0.2) is 0 Å². The Morgan fingerprint density at radius 2 is 2.12 bits per heavy atom. The lowest BCUT2D eigenvalue weighted by molar-refractivity contribution is 0.622. The Kier molecular flexibility index (Phi) is 4.27. The number of aromatic amines is 1. The molecule has 0 saturated carbocycles. The summed E-state index contributed by atoms with van der Waals surface area (Å²) in [4.78, 5) is 12.6. The van der Waals surface area contributed by atoms with Crippen LogP contribution in [0.3, 0.4) is 0 Å². The van der Waals surface area contributed by atoms with Crippen molar-refractivity contribution in [3.05, 3.63) is 54.1 Å². The Labute approximate surface area is 154 Å². The van der Waals surface area contributed by atoms with E-state index in [0.717, 1.165) is 47.5 Å². The van der Waals surface area contributed by atoms with Gasteiger partial charge in [-0.3, -0.25) is 0 Å². The van der Waals surface area contributed by atoms with E-state index in [1.165, 1.54) is 16.7 Å². The van der Waals surface area contributed by atoms with E-state index in [0.29, 0.717) is 11.8 Å². The number of hydrogen-bond acceptors (Lipinski definition) is 3. The molecule has 1 aliphatic heterocycles. The number of rotatable bonds is 3. The Bertz CT molecular complexity index is 967. The molecular weight excluding hydrogens is 320 g/mol. The summed E-state index contributed by atoms with van der Waals surface area (Å²) in [6.07, 6.45) is 6.02. The van der Waals surface area contributed by atoms with Crippen LogP contribution in [0.4, 0.5) is 0 Å². The molecule has 2 N–H and O–H groups in total. The van der Waals surface area contributed by atoms with Crippen LogP contribution in [0.15, 0.2) is 37.2 Å². The lowest BCUT2D eigenvalue weighted by atomic mass is 9.90. The summed E-state index contributed by atoms with van der Waals surface area (Å²) < 4.78 is 0. The highest BCUT2D eigenvalue weighted by Gasteiger charge is 2.18. The standard InChI is InChI=1S/C22H26N4/c1-13(2)9-21-24-12-20-19(11-25-22(20)26-21)16-5-6-17-15(4)23-8-7-14(3)18(17)10-16/h5-6,10-14,23H,4,7-9H2,1-3H3,(H,24,25,26). The predicted molar refractivity (Wildman–Crippen MR) is 108 cm³/mol. The fraction of sp³-hybridized carbons (Fsp3) is 0.364. The largest absolute Gasteiger partial charge is 0.385 e. The summed E-state index contributed by atoms with van der Waals surface area (Å²) in [5.41, 5.74) is 6.90. The van der Waals surface area contributed by atoms with Crippen LogP contribution in [0.1, 0.15) is 50.1 Å². The maximum absolute atomic E-state index is 4.70. The lowest BCUT2D eigenvalue weighted by Crippen LogP contribution is -2.10. The highest BCUT2D eigenvalue weighted by Crippen LogP contribution is 2.35. The molecule has 0 bridgehead atoms. The van der Waals surface area contributed by atoms with Gasteiger partial charge in [0, 0.05) is 47.6 Å². The molecule has 1 aromatic carbocycles. The fourth-order valence-corrected chi connectivity index (χ4v) is 3.75. The minimum atomic E-state index is 0.510. The van der Waals surface area contributed by atoms with Crippen molar-refractivity contribution in [2.45, 2.75) is 39.5 Å². The Morgan fingerprint density at radius 3 is 2.92 bits per heavy atom. The molecule has 4 rings (SSSR count). The molecule has 0 radical (unpaired) electrons. The molecule has 3 aromatic rings. The van der Waals surface area contributed by atoms with Crippen molar-refractivity contribution in [3.63, 3.8) is 0 Å². The molecule has 26 heavy (non-hydrogen) atoms. The average molecular weight is 346 g/mol. The highest BCUT2D eigenvalue weighted by atomic mass is 14.9. The van der Waals surface area contributed by atoms with Gasteiger partial charge in [-0.15, -0.1) is 0 Å². The van der Waals surface area contributed by atoms with E-state index in [2.05, 4.69) is 67.0 Å². The van der Waals surface area contributed by atoms with Gasteiger partial charge in [-0.05, 0) is 29.4 Å². The number of H-pyrrole nitrogens is 1. The van der Waals surface area contributed by atoms with Gasteiger partial charge >= 0.3 is 0 Å². The number of aromatic nitrogens is 3. The summed E-state index contributed by atoms with van der Waals surface area (Å²) >= 11 is 0. The smallest absolute Gasteiger partial charge is 0.141 e. The summed E-state index contributed by atoms with van der Waals surface area (Å²) in [5.74, 6) is 1.96. The summed E-state index contributed by atoms with van der Waals surface area (Å²) in [6.45, 7) is 11.8. The van der Waals surface area contributed by atoms with Crippen LogP contribution < -0.4 is 5.32 Å². The maximum atomic E-state index is 4.70. The number of benzene rings is 1. The molecule has 1 atom stereocenters. The van der Waals surface area contributed by atoms with Crippen molar-refractivity contribution >= 4 is 16.7 Å². The van der Waals surface area contributed by atoms with E-state index in [9.17, 15) is 0 Å². The van der Waals surface area contributed by atoms with Crippen molar-refractivity contribution < 1.29 is 0 Å². The van der Waals surface area contributed by atoms with E-state index in [1.54, 1.807) is 0 Å². The first-order valence-corrected chi connectivity index (χ1v) is 9.43. The third-order valence-electron chi connectivity index (χ3n) is 5.21. The molecule has 2 aromatic heterocycles. The molecule has 0 amide bonds. The molecule has 1 aliphatic rings. The van der Waals surface area contributed by atoms with Gasteiger partial charge in [0.1, 0.15) is 11.5 Å². The van der Waals surface area contributed by atoms with Gasteiger partial charge in [0.25, 0.3) is 0 Å². The minimum Gasteiger partial charge on any atom is -0.385 e. The van der Waals surface area contributed by atoms with E-state index in [-0.39, 0.29) is 0 Å². The summed E-state index contributed by atoms with van der Waals surface area (Å²) in [6, 6.07) is 6.67. The van der Waals surface area contributed by atoms with Crippen molar-refractivity contribution in [1.82, 2.24) is 20.3 Å². The van der Waals surface area contributed by atoms with Crippen molar-refractivity contribution in [2.75, 3.05) is 6.54 Å². The van der Waals surface area contributed by atoms with E-state index >= 15 is 0 Å². The summed E-state index contributed by atoms with van der Waals surface area (Å²) in [5, 5.41) is 4.50. The van der Waals surface area contributed by atoms with E-state index in [4.69, 9.17) is 4.98 Å². The van der Waals surface area contributed by atoms with Crippen LogP contribution in [0.2, 0.25) is 0 Å². The Hall–Kier alpha value is -2.62. The monoisotopic (exact) mass is 346 g/mol. The molecule has 0 spiro atoms. The maximum Gasteiger partial charge on any atom is 0.141 e. The second kappa shape index (κ2) is 6.60. The predicted octanol–water partition coefficient (Wildman–Crippen LogP) is 4.89. The zero-order valence-electron chi connectivity index (χ0n) is 15.8.